The van der Waals surface area contributed by atoms with E-state index in [1.54, 1.807) is 6.08 Å². The number of aliphatic hydroxyl groups is 1. The molecule has 1 fully saturated rings. The van der Waals surface area contributed by atoms with Crippen molar-refractivity contribution in [1.29, 1.82) is 0 Å². The van der Waals surface area contributed by atoms with Gasteiger partial charge in [-0.15, -0.1) is 0 Å². The van der Waals surface area contributed by atoms with Gasteiger partial charge >= 0.3 is 5.97 Å². The number of aliphatic carboxylic acids is 1. The van der Waals surface area contributed by atoms with Crippen LogP contribution in [0.2, 0.25) is 0 Å². The van der Waals surface area contributed by atoms with Gasteiger partial charge < -0.3 is 10.2 Å². The van der Waals surface area contributed by atoms with Crippen LogP contribution >= 0.6 is 0 Å². The number of ketones is 1. The summed E-state index contributed by atoms with van der Waals surface area (Å²) in [4.78, 5) is 22.1. The molecule has 1 aromatic rings. The molecule has 27 heavy (non-hydrogen) atoms. The lowest BCUT2D eigenvalue weighted by molar-refractivity contribution is -0.140. The number of hydrogen-bond donors (Lipinski definition) is 2. The van der Waals surface area contributed by atoms with Crippen LogP contribution in [0.4, 0.5) is 4.39 Å². The van der Waals surface area contributed by atoms with Gasteiger partial charge in [0.15, 0.2) is 0 Å². The number of benzene rings is 1. The van der Waals surface area contributed by atoms with Crippen molar-refractivity contribution in [2.45, 2.75) is 38.2 Å². The molecule has 5 unspecified atom stereocenters. The standard InChI is InChI=1S/C22H25FO4/c23-17-7-1-14(2-8-17)11-21-16-5-3-15(4-6-16)20(21)10-9-18(24)12-19(25)13-22(26)27/h1-3,5,7-10,15-16,18,20-21,24H,4,6,11-13H2,(H,26,27)/b10-9+. The Labute approximate surface area is 158 Å². The molecule has 3 aliphatic carbocycles. The average molecular weight is 372 g/mol. The van der Waals surface area contributed by atoms with Gasteiger partial charge in [-0.25, -0.2) is 4.39 Å². The van der Waals surface area contributed by atoms with Gasteiger partial charge in [-0.1, -0.05) is 36.4 Å². The zero-order valence-corrected chi connectivity index (χ0v) is 15.1. The molecule has 0 aliphatic heterocycles. The third-order valence-electron chi connectivity index (χ3n) is 5.70. The van der Waals surface area contributed by atoms with Crippen molar-refractivity contribution in [3.8, 4) is 0 Å². The summed E-state index contributed by atoms with van der Waals surface area (Å²) in [5.41, 5.74) is 1.10. The molecule has 1 aromatic carbocycles. The van der Waals surface area contributed by atoms with E-state index in [0.717, 1.165) is 24.8 Å². The monoisotopic (exact) mass is 372 g/mol. The van der Waals surface area contributed by atoms with Crippen molar-refractivity contribution < 1.29 is 24.2 Å². The number of halogens is 1. The first kappa shape index (κ1) is 19.5. The Morgan fingerprint density at radius 2 is 1.81 bits per heavy atom. The van der Waals surface area contributed by atoms with Crippen molar-refractivity contribution in [2.24, 2.45) is 23.7 Å². The van der Waals surface area contributed by atoms with Crippen LogP contribution in [-0.4, -0.2) is 28.1 Å². The number of carboxylic acids is 1. The van der Waals surface area contributed by atoms with Crippen LogP contribution in [0.5, 0.6) is 0 Å². The predicted octanol–water partition coefficient (Wildman–Crippen LogP) is 3.55. The summed E-state index contributed by atoms with van der Waals surface area (Å²) in [7, 11) is 0. The fraction of sp³-hybridized carbons (Fsp3) is 0.455. The Kier molecular flexibility index (Phi) is 6.22. The summed E-state index contributed by atoms with van der Waals surface area (Å²) in [6.07, 6.45) is 9.52. The first-order valence-corrected chi connectivity index (χ1v) is 9.45. The zero-order valence-electron chi connectivity index (χ0n) is 15.1. The minimum Gasteiger partial charge on any atom is -0.481 e. The van der Waals surface area contributed by atoms with Crippen molar-refractivity contribution in [1.82, 2.24) is 0 Å². The van der Waals surface area contributed by atoms with Crippen molar-refractivity contribution >= 4 is 11.8 Å². The number of carbonyl (C=O) groups excluding carboxylic acids is 1. The van der Waals surface area contributed by atoms with E-state index in [1.807, 2.05) is 18.2 Å². The smallest absolute Gasteiger partial charge is 0.310 e. The Bertz CT molecular complexity index is 737. The number of carboxylic acid groups (broad SMARTS) is 1. The van der Waals surface area contributed by atoms with Crippen molar-refractivity contribution in [3.05, 3.63) is 60.0 Å². The SMILES string of the molecule is O=C(O)CC(=O)CC(O)/C=C/C1C2C=CC(CC2)C1Cc1ccc(F)cc1. The highest BCUT2D eigenvalue weighted by atomic mass is 19.1. The van der Waals surface area contributed by atoms with Gasteiger partial charge in [0.1, 0.15) is 18.0 Å². The molecule has 4 nitrogen and oxygen atoms in total. The van der Waals surface area contributed by atoms with E-state index < -0.39 is 24.3 Å². The Hall–Kier alpha value is -2.27. The van der Waals surface area contributed by atoms with Crippen LogP contribution in [0.25, 0.3) is 0 Å². The van der Waals surface area contributed by atoms with Crippen LogP contribution in [0.15, 0.2) is 48.6 Å². The highest BCUT2D eigenvalue weighted by molar-refractivity contribution is 5.94. The van der Waals surface area contributed by atoms with Gasteiger partial charge in [-0.3, -0.25) is 9.59 Å². The highest BCUT2D eigenvalue weighted by Gasteiger charge is 2.39. The molecule has 4 rings (SSSR count). The molecule has 0 heterocycles. The number of hydrogen-bond acceptors (Lipinski definition) is 3. The maximum atomic E-state index is 13.2. The Morgan fingerprint density at radius 3 is 2.44 bits per heavy atom. The summed E-state index contributed by atoms with van der Waals surface area (Å²) >= 11 is 0. The van der Waals surface area contributed by atoms with E-state index in [2.05, 4.69) is 12.2 Å². The maximum Gasteiger partial charge on any atom is 0.310 e. The summed E-state index contributed by atoms with van der Waals surface area (Å²) in [6.45, 7) is 0. The minimum absolute atomic E-state index is 0.178. The van der Waals surface area contributed by atoms with E-state index in [0.29, 0.717) is 17.8 Å². The fourth-order valence-corrected chi connectivity index (χ4v) is 4.41. The zero-order chi connectivity index (χ0) is 19.4. The normalized spacial score (nSPS) is 27.8. The predicted molar refractivity (Wildman–Crippen MR) is 99.5 cm³/mol. The van der Waals surface area contributed by atoms with Gasteiger partial charge in [-0.05, 0) is 60.6 Å². The van der Waals surface area contributed by atoms with E-state index >= 15 is 0 Å². The number of aliphatic hydroxyl groups excluding tert-OH is 1. The molecule has 0 saturated heterocycles. The quantitative estimate of drug-likeness (QED) is 0.541. The third kappa shape index (κ3) is 5.13. The molecule has 0 radical (unpaired) electrons. The number of rotatable bonds is 8. The van der Waals surface area contributed by atoms with Gasteiger partial charge in [0.25, 0.3) is 0 Å². The molecule has 0 spiro atoms. The van der Waals surface area contributed by atoms with Gasteiger partial charge in [-0.2, -0.15) is 0 Å². The lowest BCUT2D eigenvalue weighted by Crippen LogP contribution is -2.37. The van der Waals surface area contributed by atoms with E-state index in [-0.39, 0.29) is 18.2 Å². The Morgan fingerprint density at radius 1 is 1.15 bits per heavy atom. The topological polar surface area (TPSA) is 74.6 Å². The molecule has 2 bridgehead atoms. The van der Waals surface area contributed by atoms with Crippen LogP contribution in [0.1, 0.15) is 31.2 Å². The van der Waals surface area contributed by atoms with Crippen LogP contribution in [-0.2, 0) is 16.0 Å². The molecule has 5 heteroatoms. The molecule has 144 valence electrons. The number of Topliss-reactive ketones (excluding diaryl/α,β-unsaturated/α-hetero) is 1. The number of allylic oxidation sites excluding steroid dienone is 3. The van der Waals surface area contributed by atoms with Crippen molar-refractivity contribution in [3.63, 3.8) is 0 Å². The van der Waals surface area contributed by atoms with Crippen LogP contribution in [0.3, 0.4) is 0 Å². The van der Waals surface area contributed by atoms with Crippen LogP contribution < -0.4 is 0 Å². The molecule has 0 amide bonds. The summed E-state index contributed by atoms with van der Waals surface area (Å²) < 4.78 is 13.2. The number of fused-ring (bicyclic) bond motifs is 2. The van der Waals surface area contributed by atoms with Gasteiger partial charge in [0.05, 0.1) is 6.10 Å². The lowest BCUT2D eigenvalue weighted by Gasteiger charge is -2.44. The Balaban J connectivity index is 1.67. The molecule has 3 aliphatic rings. The highest BCUT2D eigenvalue weighted by Crippen LogP contribution is 2.46. The van der Waals surface area contributed by atoms with E-state index in [4.69, 9.17) is 5.11 Å². The first-order chi connectivity index (χ1) is 12.9. The lowest BCUT2D eigenvalue weighted by atomic mass is 9.60. The molecule has 2 N–H and O–H groups in total. The minimum atomic E-state index is -1.18. The van der Waals surface area contributed by atoms with E-state index in [1.165, 1.54) is 12.1 Å². The second-order valence-corrected chi connectivity index (χ2v) is 7.63. The molecule has 5 atom stereocenters. The fourth-order valence-electron chi connectivity index (χ4n) is 4.41. The summed E-state index contributed by atoms with van der Waals surface area (Å²) in [5.74, 6) is -0.410. The summed E-state index contributed by atoms with van der Waals surface area (Å²) in [6, 6.07) is 6.60. The second-order valence-electron chi connectivity index (χ2n) is 7.63. The van der Waals surface area contributed by atoms with Crippen molar-refractivity contribution in [2.75, 3.05) is 0 Å². The molecule has 1 saturated carbocycles. The third-order valence-corrected chi connectivity index (χ3v) is 5.70. The summed E-state index contributed by atoms with van der Waals surface area (Å²) in [5, 5.41) is 18.7. The molecule has 0 aromatic heterocycles. The average Bonchev–Trinajstić information content (AvgIpc) is 2.62. The van der Waals surface area contributed by atoms with Gasteiger partial charge in [0.2, 0.25) is 0 Å². The number of carbonyl (C=O) groups is 2. The maximum absolute atomic E-state index is 13.2. The van der Waals surface area contributed by atoms with E-state index in [9.17, 15) is 19.1 Å². The molecular formula is C22H25FO4. The second kappa shape index (κ2) is 8.61. The van der Waals surface area contributed by atoms with Crippen LogP contribution in [0, 0.1) is 29.5 Å². The molecular weight excluding hydrogens is 347 g/mol. The first-order valence-electron chi connectivity index (χ1n) is 9.45. The largest absolute Gasteiger partial charge is 0.481 e. The van der Waals surface area contributed by atoms with Gasteiger partial charge in [0, 0.05) is 6.42 Å².